The fourth-order valence-corrected chi connectivity index (χ4v) is 2.38. The lowest BCUT2D eigenvalue weighted by atomic mass is 10.1. The van der Waals surface area contributed by atoms with Crippen LogP contribution in [-0.2, 0) is 0 Å². The summed E-state index contributed by atoms with van der Waals surface area (Å²) in [7, 11) is 1.68. The van der Waals surface area contributed by atoms with Gasteiger partial charge in [0.1, 0.15) is 11.4 Å². The molecule has 8 heteroatoms. The molecule has 0 saturated carbocycles. The van der Waals surface area contributed by atoms with E-state index in [-0.39, 0.29) is 11.1 Å². The van der Waals surface area contributed by atoms with Crippen LogP contribution in [0.2, 0.25) is 0 Å². The summed E-state index contributed by atoms with van der Waals surface area (Å²) in [6.45, 7) is 0. The van der Waals surface area contributed by atoms with Crippen LogP contribution in [0.3, 0.4) is 0 Å². The van der Waals surface area contributed by atoms with Gasteiger partial charge >= 0.3 is 5.97 Å². The number of amides is 1. The van der Waals surface area contributed by atoms with E-state index in [1.165, 1.54) is 30.3 Å². The molecule has 8 nitrogen and oxygen atoms in total. The summed E-state index contributed by atoms with van der Waals surface area (Å²) < 4.78 is 0. The number of carbonyl (C=O) groups is 2. The number of aromatic carboxylic acids is 1. The third-order valence-electron chi connectivity index (χ3n) is 3.64. The van der Waals surface area contributed by atoms with E-state index >= 15 is 0 Å². The molecule has 0 aliphatic rings. The minimum absolute atomic E-state index is 0.0527. The molecule has 0 bridgehead atoms. The van der Waals surface area contributed by atoms with Gasteiger partial charge in [-0.1, -0.05) is 0 Å². The summed E-state index contributed by atoms with van der Waals surface area (Å²) in [5.41, 5.74) is 0.408. The molecule has 2 aromatic heterocycles. The Morgan fingerprint density at radius 2 is 1.88 bits per heavy atom. The zero-order chi connectivity index (χ0) is 18.0. The van der Waals surface area contributed by atoms with Gasteiger partial charge in [0.05, 0.1) is 11.1 Å². The molecule has 25 heavy (non-hydrogen) atoms. The molecule has 2 heterocycles. The van der Waals surface area contributed by atoms with Gasteiger partial charge in [-0.2, -0.15) is 0 Å². The van der Waals surface area contributed by atoms with E-state index in [0.717, 1.165) is 0 Å². The van der Waals surface area contributed by atoms with E-state index < -0.39 is 17.4 Å². The number of pyridine rings is 2. The zero-order valence-electron chi connectivity index (χ0n) is 13.2. The fraction of sp³-hybridized carbons (Fsp3) is 0.0588. The highest BCUT2D eigenvalue weighted by Gasteiger charge is 2.14. The monoisotopic (exact) mass is 338 g/mol. The number of fused-ring (bicyclic) bond motifs is 1. The molecule has 0 aliphatic heterocycles. The minimum Gasteiger partial charge on any atom is -0.478 e. The summed E-state index contributed by atoms with van der Waals surface area (Å²) in [5.74, 6) is -1.14. The number of rotatable bonds is 4. The number of hydrogen-bond acceptors (Lipinski definition) is 5. The van der Waals surface area contributed by atoms with Gasteiger partial charge in [-0.15, -0.1) is 0 Å². The summed E-state index contributed by atoms with van der Waals surface area (Å²) in [6.07, 6.45) is 1.57. The summed E-state index contributed by atoms with van der Waals surface area (Å²) in [4.78, 5) is 42.2. The second-order valence-corrected chi connectivity index (χ2v) is 5.22. The molecule has 0 saturated heterocycles. The number of H-pyrrole nitrogens is 1. The molecule has 0 aliphatic carbocycles. The van der Waals surface area contributed by atoms with Crippen molar-refractivity contribution >= 4 is 34.3 Å². The standard InChI is InChI=1S/C17H14N4O4/c1-18-14-13-10(6-7-19-14)8-12(16(23)21-13)15(22)20-11-4-2-9(3-5-11)17(24)25/h2-8H,1H3,(H,18,19)(H,20,22)(H,21,23)(H,24,25). The van der Waals surface area contributed by atoms with Crippen molar-refractivity contribution in [3.63, 3.8) is 0 Å². The summed E-state index contributed by atoms with van der Waals surface area (Å²) in [6, 6.07) is 8.82. The number of aromatic amines is 1. The molecular formula is C17H14N4O4. The van der Waals surface area contributed by atoms with Crippen molar-refractivity contribution in [2.24, 2.45) is 0 Å². The third-order valence-corrected chi connectivity index (χ3v) is 3.64. The Hall–Kier alpha value is -3.68. The average molecular weight is 338 g/mol. The van der Waals surface area contributed by atoms with Crippen LogP contribution in [-0.4, -0.2) is 34.0 Å². The molecule has 0 spiro atoms. The van der Waals surface area contributed by atoms with E-state index in [1.807, 2.05) is 0 Å². The molecule has 3 aromatic rings. The maximum atomic E-state index is 12.4. The molecule has 0 unspecified atom stereocenters. The predicted octanol–water partition coefficient (Wildman–Crippen LogP) is 1.92. The highest BCUT2D eigenvalue weighted by Crippen LogP contribution is 2.18. The first-order chi connectivity index (χ1) is 12.0. The molecule has 0 atom stereocenters. The van der Waals surface area contributed by atoms with Gasteiger partial charge in [0.2, 0.25) is 0 Å². The number of nitrogens with one attached hydrogen (secondary N) is 3. The smallest absolute Gasteiger partial charge is 0.335 e. The van der Waals surface area contributed by atoms with Gasteiger partial charge < -0.3 is 20.7 Å². The van der Waals surface area contributed by atoms with Gasteiger partial charge in [0.15, 0.2) is 0 Å². The fourth-order valence-electron chi connectivity index (χ4n) is 2.38. The lowest BCUT2D eigenvalue weighted by Gasteiger charge is -2.08. The van der Waals surface area contributed by atoms with Crippen LogP contribution >= 0.6 is 0 Å². The van der Waals surface area contributed by atoms with Crippen LogP contribution in [0.15, 0.2) is 47.4 Å². The Morgan fingerprint density at radius 1 is 1.16 bits per heavy atom. The van der Waals surface area contributed by atoms with Gasteiger partial charge in [0.25, 0.3) is 11.5 Å². The van der Waals surface area contributed by atoms with Crippen LogP contribution < -0.4 is 16.2 Å². The largest absolute Gasteiger partial charge is 0.478 e. The van der Waals surface area contributed by atoms with Crippen molar-refractivity contribution in [2.45, 2.75) is 0 Å². The summed E-state index contributed by atoms with van der Waals surface area (Å²) in [5, 5.41) is 15.0. The molecule has 3 rings (SSSR count). The van der Waals surface area contributed by atoms with Crippen molar-refractivity contribution < 1.29 is 14.7 Å². The van der Waals surface area contributed by atoms with Crippen LogP contribution in [0, 0.1) is 0 Å². The molecule has 0 radical (unpaired) electrons. The number of nitrogens with zero attached hydrogens (tertiary/aromatic N) is 1. The lowest BCUT2D eigenvalue weighted by molar-refractivity contribution is 0.0696. The van der Waals surface area contributed by atoms with Crippen molar-refractivity contribution in [1.82, 2.24) is 9.97 Å². The third kappa shape index (κ3) is 3.18. The van der Waals surface area contributed by atoms with Crippen molar-refractivity contribution in [2.75, 3.05) is 17.7 Å². The van der Waals surface area contributed by atoms with Gasteiger partial charge in [-0.25, -0.2) is 9.78 Å². The number of carboxylic acids is 1. The highest BCUT2D eigenvalue weighted by molar-refractivity contribution is 6.06. The van der Waals surface area contributed by atoms with Gasteiger partial charge in [-0.05, 0) is 36.4 Å². The Morgan fingerprint density at radius 3 is 2.52 bits per heavy atom. The molecule has 4 N–H and O–H groups in total. The first-order valence-electron chi connectivity index (χ1n) is 7.34. The lowest BCUT2D eigenvalue weighted by Crippen LogP contribution is -2.23. The number of carboxylic acid groups (broad SMARTS) is 1. The topological polar surface area (TPSA) is 124 Å². The second-order valence-electron chi connectivity index (χ2n) is 5.22. The van der Waals surface area contributed by atoms with Crippen molar-refractivity contribution in [3.05, 3.63) is 64.1 Å². The number of carbonyl (C=O) groups excluding carboxylic acids is 1. The maximum Gasteiger partial charge on any atom is 0.335 e. The normalized spacial score (nSPS) is 10.4. The average Bonchev–Trinajstić information content (AvgIpc) is 2.61. The molecule has 1 aromatic carbocycles. The Kier molecular flexibility index (Phi) is 4.17. The number of aromatic nitrogens is 2. The first kappa shape index (κ1) is 16.2. The summed E-state index contributed by atoms with van der Waals surface area (Å²) >= 11 is 0. The van der Waals surface area contributed by atoms with Crippen LogP contribution in [0.4, 0.5) is 11.5 Å². The van der Waals surface area contributed by atoms with Crippen molar-refractivity contribution in [1.29, 1.82) is 0 Å². The Balaban J connectivity index is 1.93. The van der Waals surface area contributed by atoms with E-state index in [0.29, 0.717) is 22.4 Å². The molecule has 0 fully saturated rings. The number of anilines is 2. The number of hydrogen-bond donors (Lipinski definition) is 4. The minimum atomic E-state index is -1.06. The molecular weight excluding hydrogens is 324 g/mol. The van der Waals surface area contributed by atoms with E-state index in [2.05, 4.69) is 20.6 Å². The van der Waals surface area contributed by atoms with Gasteiger partial charge in [-0.3, -0.25) is 9.59 Å². The molecule has 1 amide bonds. The van der Waals surface area contributed by atoms with Crippen LogP contribution in [0.1, 0.15) is 20.7 Å². The van der Waals surface area contributed by atoms with Crippen molar-refractivity contribution in [3.8, 4) is 0 Å². The van der Waals surface area contributed by atoms with Gasteiger partial charge in [0, 0.05) is 24.3 Å². The second kappa shape index (κ2) is 6.44. The highest BCUT2D eigenvalue weighted by atomic mass is 16.4. The SMILES string of the molecule is CNc1nccc2cc(C(=O)Nc3ccc(C(=O)O)cc3)c(=O)[nH]c12. The van der Waals surface area contributed by atoms with Crippen LogP contribution in [0.25, 0.3) is 10.9 Å². The van der Waals surface area contributed by atoms with E-state index in [9.17, 15) is 14.4 Å². The van der Waals surface area contributed by atoms with E-state index in [4.69, 9.17) is 5.11 Å². The Labute approximate surface area is 141 Å². The number of benzene rings is 1. The maximum absolute atomic E-state index is 12.4. The zero-order valence-corrected chi connectivity index (χ0v) is 13.2. The molecule has 126 valence electrons. The predicted molar refractivity (Wildman–Crippen MR) is 93.3 cm³/mol. The van der Waals surface area contributed by atoms with E-state index in [1.54, 1.807) is 19.3 Å². The quantitative estimate of drug-likeness (QED) is 0.576. The first-order valence-corrected chi connectivity index (χ1v) is 7.34. The van der Waals surface area contributed by atoms with Crippen LogP contribution in [0.5, 0.6) is 0 Å². The Bertz CT molecular complexity index is 1020.